The zero-order valence-corrected chi connectivity index (χ0v) is 9.85. The summed E-state index contributed by atoms with van der Waals surface area (Å²) < 4.78 is 5.66. The molecule has 0 aromatic heterocycles. The Labute approximate surface area is 94.8 Å². The van der Waals surface area contributed by atoms with Crippen LogP contribution >= 0.6 is 11.6 Å². The summed E-state index contributed by atoms with van der Waals surface area (Å²) in [6.45, 7) is 6.27. The van der Waals surface area contributed by atoms with Crippen molar-refractivity contribution in [3.05, 3.63) is 23.2 Å². The van der Waals surface area contributed by atoms with E-state index in [4.69, 9.17) is 16.3 Å². The Kier molecular flexibility index (Phi) is 2.52. The summed E-state index contributed by atoms with van der Waals surface area (Å²) in [7, 11) is 0. The highest BCUT2D eigenvalue weighted by molar-refractivity contribution is 6.30. The largest absolute Gasteiger partial charge is 0.455 e. The van der Waals surface area contributed by atoms with Crippen molar-refractivity contribution in [2.45, 2.75) is 32.7 Å². The summed E-state index contributed by atoms with van der Waals surface area (Å²) in [5, 5.41) is 7.23. The third-order valence-corrected chi connectivity index (χ3v) is 2.27. The molecule has 0 bridgehead atoms. The zero-order valence-electron chi connectivity index (χ0n) is 9.10. The van der Waals surface area contributed by atoms with Gasteiger partial charge in [0, 0.05) is 10.6 Å². The molecule has 0 fully saturated rings. The molecule has 0 spiro atoms. The Morgan fingerprint density at radius 1 is 1.40 bits per heavy atom. The first kappa shape index (κ1) is 10.6. The standard InChI is InChI=1S/C11H15ClN2O/c1-11(2,3)14-10-13-8-6-7(12)4-5-9(8)15-10/h4-6,10,13-14H,1-3H3. The molecule has 0 amide bonds. The van der Waals surface area contributed by atoms with Gasteiger partial charge in [-0.3, -0.25) is 5.32 Å². The van der Waals surface area contributed by atoms with Gasteiger partial charge in [-0.1, -0.05) is 11.6 Å². The third kappa shape index (κ3) is 2.55. The van der Waals surface area contributed by atoms with Crippen molar-refractivity contribution in [2.24, 2.45) is 0 Å². The number of hydrogen-bond donors (Lipinski definition) is 2. The van der Waals surface area contributed by atoms with E-state index in [0.29, 0.717) is 5.02 Å². The van der Waals surface area contributed by atoms with Crippen LogP contribution in [0.15, 0.2) is 18.2 Å². The van der Waals surface area contributed by atoms with Gasteiger partial charge in [0.25, 0.3) is 0 Å². The van der Waals surface area contributed by atoms with E-state index in [1.807, 2.05) is 18.2 Å². The SMILES string of the molecule is CC(C)(C)NC1Nc2cc(Cl)ccc2O1. The molecule has 1 aliphatic heterocycles. The molecule has 0 radical (unpaired) electrons. The lowest BCUT2D eigenvalue weighted by Crippen LogP contribution is -2.48. The molecule has 2 N–H and O–H groups in total. The lowest BCUT2D eigenvalue weighted by atomic mass is 10.1. The van der Waals surface area contributed by atoms with Crippen molar-refractivity contribution in [2.75, 3.05) is 5.32 Å². The topological polar surface area (TPSA) is 33.3 Å². The average molecular weight is 227 g/mol. The summed E-state index contributed by atoms with van der Waals surface area (Å²) in [6.07, 6.45) is -0.182. The molecule has 2 rings (SSSR count). The van der Waals surface area contributed by atoms with E-state index in [1.165, 1.54) is 0 Å². The summed E-state index contributed by atoms with van der Waals surface area (Å²) in [6, 6.07) is 5.55. The number of fused-ring (bicyclic) bond motifs is 1. The average Bonchev–Trinajstić information content (AvgIpc) is 2.42. The maximum absolute atomic E-state index is 5.89. The second kappa shape index (κ2) is 3.58. The van der Waals surface area contributed by atoms with Gasteiger partial charge in [-0.15, -0.1) is 0 Å². The maximum atomic E-state index is 5.89. The monoisotopic (exact) mass is 226 g/mol. The van der Waals surface area contributed by atoms with Gasteiger partial charge < -0.3 is 10.1 Å². The van der Waals surface area contributed by atoms with Gasteiger partial charge in [0.15, 0.2) is 0 Å². The van der Waals surface area contributed by atoms with Crippen LogP contribution in [0.2, 0.25) is 5.02 Å². The lowest BCUT2D eigenvalue weighted by Gasteiger charge is -2.25. The number of hydrogen-bond acceptors (Lipinski definition) is 3. The van der Waals surface area contributed by atoms with Crippen molar-refractivity contribution in [3.63, 3.8) is 0 Å². The molecule has 15 heavy (non-hydrogen) atoms. The number of halogens is 1. The van der Waals surface area contributed by atoms with Gasteiger partial charge in [0.2, 0.25) is 6.35 Å². The fourth-order valence-corrected chi connectivity index (χ4v) is 1.65. The summed E-state index contributed by atoms with van der Waals surface area (Å²) >= 11 is 5.89. The lowest BCUT2D eigenvalue weighted by molar-refractivity contribution is 0.172. The number of anilines is 1. The Bertz CT molecular complexity index is 373. The smallest absolute Gasteiger partial charge is 0.228 e. The highest BCUT2D eigenvalue weighted by Crippen LogP contribution is 2.33. The molecule has 0 saturated heterocycles. The molecule has 0 saturated carbocycles. The van der Waals surface area contributed by atoms with Gasteiger partial charge in [0.05, 0.1) is 5.69 Å². The molecule has 1 aliphatic rings. The van der Waals surface area contributed by atoms with E-state index in [-0.39, 0.29) is 11.9 Å². The predicted molar refractivity (Wildman–Crippen MR) is 62.4 cm³/mol. The van der Waals surface area contributed by atoms with Crippen LogP contribution in [0.3, 0.4) is 0 Å². The van der Waals surface area contributed by atoms with Crippen LogP contribution < -0.4 is 15.4 Å². The number of nitrogens with one attached hydrogen (secondary N) is 2. The third-order valence-electron chi connectivity index (χ3n) is 2.04. The van der Waals surface area contributed by atoms with Crippen LogP contribution in [-0.2, 0) is 0 Å². The summed E-state index contributed by atoms with van der Waals surface area (Å²) in [5.74, 6) is 0.834. The minimum Gasteiger partial charge on any atom is -0.455 e. The van der Waals surface area contributed by atoms with Crippen LogP contribution in [0, 0.1) is 0 Å². The van der Waals surface area contributed by atoms with Crippen LogP contribution in [0.1, 0.15) is 20.8 Å². The molecule has 3 nitrogen and oxygen atoms in total. The molecule has 1 atom stereocenters. The molecule has 1 heterocycles. The van der Waals surface area contributed by atoms with E-state index >= 15 is 0 Å². The van der Waals surface area contributed by atoms with Crippen molar-refractivity contribution >= 4 is 17.3 Å². The molecule has 4 heteroatoms. The Morgan fingerprint density at radius 3 is 2.80 bits per heavy atom. The van der Waals surface area contributed by atoms with Gasteiger partial charge in [-0.05, 0) is 39.0 Å². The van der Waals surface area contributed by atoms with Crippen LogP contribution in [0.4, 0.5) is 5.69 Å². The highest BCUT2D eigenvalue weighted by Gasteiger charge is 2.25. The normalized spacial score (nSPS) is 19.3. The fraction of sp³-hybridized carbons (Fsp3) is 0.455. The van der Waals surface area contributed by atoms with Crippen molar-refractivity contribution in [1.82, 2.24) is 5.32 Å². The van der Waals surface area contributed by atoms with Crippen molar-refractivity contribution < 1.29 is 4.74 Å². The van der Waals surface area contributed by atoms with Crippen LogP contribution in [0.25, 0.3) is 0 Å². The van der Waals surface area contributed by atoms with E-state index in [1.54, 1.807) is 0 Å². The van der Waals surface area contributed by atoms with Gasteiger partial charge in [-0.25, -0.2) is 0 Å². The second-order valence-corrected chi connectivity index (χ2v) is 5.11. The summed E-state index contributed by atoms with van der Waals surface area (Å²) in [5.41, 5.74) is 0.938. The predicted octanol–water partition coefficient (Wildman–Crippen LogP) is 2.82. The second-order valence-electron chi connectivity index (χ2n) is 4.68. The quantitative estimate of drug-likeness (QED) is 0.773. The fourth-order valence-electron chi connectivity index (χ4n) is 1.47. The summed E-state index contributed by atoms with van der Waals surface area (Å²) in [4.78, 5) is 0. The molecule has 1 aromatic carbocycles. The minimum absolute atomic E-state index is 0.00348. The van der Waals surface area contributed by atoms with Gasteiger partial charge >= 0.3 is 0 Å². The number of benzene rings is 1. The zero-order chi connectivity index (χ0) is 11.1. The minimum atomic E-state index is -0.182. The van der Waals surface area contributed by atoms with E-state index in [0.717, 1.165) is 11.4 Å². The first-order valence-corrected chi connectivity index (χ1v) is 5.32. The molecule has 1 aromatic rings. The van der Waals surface area contributed by atoms with Gasteiger partial charge in [0.1, 0.15) is 5.75 Å². The van der Waals surface area contributed by atoms with Crippen molar-refractivity contribution in [3.8, 4) is 5.75 Å². The number of ether oxygens (including phenoxy) is 1. The van der Waals surface area contributed by atoms with Crippen LogP contribution in [-0.4, -0.2) is 11.9 Å². The van der Waals surface area contributed by atoms with E-state index < -0.39 is 0 Å². The molecular weight excluding hydrogens is 212 g/mol. The molecule has 1 unspecified atom stereocenters. The number of rotatable bonds is 1. The Hall–Kier alpha value is -0.930. The molecule has 82 valence electrons. The molecule has 0 aliphatic carbocycles. The Balaban J connectivity index is 2.09. The first-order chi connectivity index (χ1) is 6.94. The molecular formula is C11H15ClN2O. The van der Waals surface area contributed by atoms with E-state index in [2.05, 4.69) is 31.4 Å². The highest BCUT2D eigenvalue weighted by atomic mass is 35.5. The van der Waals surface area contributed by atoms with Crippen LogP contribution in [0.5, 0.6) is 5.75 Å². The van der Waals surface area contributed by atoms with Crippen molar-refractivity contribution in [1.29, 1.82) is 0 Å². The Morgan fingerprint density at radius 2 is 2.13 bits per heavy atom. The maximum Gasteiger partial charge on any atom is 0.228 e. The van der Waals surface area contributed by atoms with E-state index in [9.17, 15) is 0 Å². The first-order valence-electron chi connectivity index (χ1n) is 4.94. The van der Waals surface area contributed by atoms with Gasteiger partial charge in [-0.2, -0.15) is 0 Å².